The average Bonchev–Trinajstić information content (AvgIpc) is 3.00. The van der Waals surface area contributed by atoms with Crippen molar-refractivity contribution in [1.29, 1.82) is 0 Å². The first-order valence-electron chi connectivity index (χ1n) is 9.66. The van der Waals surface area contributed by atoms with Crippen molar-refractivity contribution < 1.29 is 24.0 Å². The van der Waals surface area contributed by atoms with Gasteiger partial charge in [0.25, 0.3) is 0 Å². The summed E-state index contributed by atoms with van der Waals surface area (Å²) in [7, 11) is 2.14. The summed E-state index contributed by atoms with van der Waals surface area (Å²) in [4.78, 5) is 27.7. The first-order chi connectivity index (χ1) is 13.5. The van der Waals surface area contributed by atoms with Gasteiger partial charge in [0.2, 0.25) is 5.91 Å². The molecule has 0 fully saturated rings. The summed E-state index contributed by atoms with van der Waals surface area (Å²) in [6, 6.07) is 7.49. The summed E-state index contributed by atoms with van der Waals surface area (Å²) >= 11 is 1.49. The van der Waals surface area contributed by atoms with Gasteiger partial charge in [-0.05, 0) is 37.1 Å². The smallest absolute Gasteiger partial charge is 0.341 e. The molecule has 1 amide bonds. The maximum atomic E-state index is 12.6. The van der Waals surface area contributed by atoms with Gasteiger partial charge in [-0.25, -0.2) is 4.79 Å². The number of benzene rings is 1. The normalized spacial score (nSPS) is 15.6. The Labute approximate surface area is 169 Å². The summed E-state index contributed by atoms with van der Waals surface area (Å²) in [5, 5.41) is 3.55. The van der Waals surface area contributed by atoms with Crippen molar-refractivity contribution in [3.63, 3.8) is 0 Å². The van der Waals surface area contributed by atoms with Crippen molar-refractivity contribution in [2.45, 2.75) is 33.2 Å². The van der Waals surface area contributed by atoms with Crippen LogP contribution in [0, 0.1) is 0 Å². The summed E-state index contributed by atoms with van der Waals surface area (Å²) in [5.41, 5.74) is 2.46. The van der Waals surface area contributed by atoms with Crippen molar-refractivity contribution in [2.75, 3.05) is 32.1 Å². The molecule has 7 heteroatoms. The van der Waals surface area contributed by atoms with E-state index in [1.165, 1.54) is 16.2 Å². The molecule has 0 saturated heterocycles. The minimum absolute atomic E-state index is 0.144. The van der Waals surface area contributed by atoms with Crippen LogP contribution in [0.25, 0.3) is 0 Å². The fourth-order valence-corrected chi connectivity index (χ4v) is 4.72. The molecule has 0 bridgehead atoms. The second-order valence-corrected chi connectivity index (χ2v) is 7.97. The Kier molecular flexibility index (Phi) is 6.70. The number of ether oxygens (including phenoxy) is 2. The van der Waals surface area contributed by atoms with Gasteiger partial charge in [0.1, 0.15) is 17.3 Å². The quantitative estimate of drug-likeness (QED) is 0.695. The third-order valence-electron chi connectivity index (χ3n) is 4.69. The number of rotatable bonds is 7. The van der Waals surface area contributed by atoms with Crippen molar-refractivity contribution in [3.8, 4) is 5.75 Å². The molecule has 1 aliphatic rings. The highest BCUT2D eigenvalue weighted by Gasteiger charge is 2.30. The largest absolute Gasteiger partial charge is 0.494 e. The number of amides is 1. The van der Waals surface area contributed by atoms with E-state index < -0.39 is 0 Å². The molecule has 1 unspecified atom stereocenters. The summed E-state index contributed by atoms with van der Waals surface area (Å²) in [6.45, 7) is 6.47. The first kappa shape index (κ1) is 20.4. The molecular formula is C21H27N2O4S+. The lowest BCUT2D eigenvalue weighted by Gasteiger charge is -2.19. The lowest BCUT2D eigenvalue weighted by Crippen LogP contribution is -3.08. The van der Waals surface area contributed by atoms with Gasteiger partial charge in [-0.15, -0.1) is 11.3 Å². The van der Waals surface area contributed by atoms with E-state index in [2.05, 4.69) is 12.4 Å². The number of hydrogen-bond donors (Lipinski definition) is 2. The van der Waals surface area contributed by atoms with Crippen LogP contribution in [0.15, 0.2) is 24.3 Å². The number of carbonyl (C=O) groups excluding carboxylic acids is 2. The number of esters is 1. The fraction of sp³-hybridized carbons (Fsp3) is 0.429. The molecule has 1 aliphatic heterocycles. The van der Waals surface area contributed by atoms with Gasteiger partial charge in [-0.3, -0.25) is 4.79 Å². The van der Waals surface area contributed by atoms with Gasteiger partial charge in [-0.2, -0.15) is 0 Å². The number of thiophene rings is 1. The Morgan fingerprint density at radius 1 is 1.18 bits per heavy atom. The lowest BCUT2D eigenvalue weighted by atomic mass is 10.0. The van der Waals surface area contributed by atoms with E-state index in [-0.39, 0.29) is 18.3 Å². The third kappa shape index (κ3) is 4.72. The van der Waals surface area contributed by atoms with Crippen LogP contribution in [0.4, 0.5) is 5.00 Å². The van der Waals surface area contributed by atoms with Gasteiger partial charge in [-0.1, -0.05) is 12.1 Å². The molecule has 150 valence electrons. The van der Waals surface area contributed by atoms with E-state index in [9.17, 15) is 9.59 Å². The Morgan fingerprint density at radius 2 is 1.93 bits per heavy atom. The Morgan fingerprint density at radius 3 is 2.61 bits per heavy atom. The van der Waals surface area contributed by atoms with Crippen LogP contribution >= 0.6 is 11.3 Å². The van der Waals surface area contributed by atoms with Crippen LogP contribution in [0.2, 0.25) is 0 Å². The number of likely N-dealkylation sites (N-methyl/N-ethyl adjacent to an activating group) is 1. The summed E-state index contributed by atoms with van der Waals surface area (Å²) in [6.07, 6.45) is 1.06. The second-order valence-electron chi connectivity index (χ2n) is 6.86. The van der Waals surface area contributed by atoms with E-state index in [0.29, 0.717) is 23.8 Å². The highest BCUT2D eigenvalue weighted by Crippen LogP contribution is 2.35. The van der Waals surface area contributed by atoms with Crippen molar-refractivity contribution in [2.24, 2.45) is 0 Å². The van der Waals surface area contributed by atoms with Crippen LogP contribution in [0.1, 0.15) is 40.2 Å². The van der Waals surface area contributed by atoms with Crippen LogP contribution < -0.4 is 15.0 Å². The zero-order chi connectivity index (χ0) is 20.1. The number of hydrogen-bond acceptors (Lipinski definition) is 5. The molecule has 6 nitrogen and oxygen atoms in total. The molecule has 2 N–H and O–H groups in total. The Hall–Kier alpha value is -2.38. The SMILES string of the molecule is CCOC(=O)c1c(NC(=O)Cc2ccc(OCC)cc2)sc2c1CC[NH+](C)C2. The van der Waals surface area contributed by atoms with Gasteiger partial charge in [0.15, 0.2) is 0 Å². The van der Waals surface area contributed by atoms with Crippen molar-refractivity contribution >= 4 is 28.2 Å². The van der Waals surface area contributed by atoms with E-state index in [1.807, 2.05) is 31.2 Å². The number of nitrogens with one attached hydrogen (secondary N) is 2. The highest BCUT2D eigenvalue weighted by molar-refractivity contribution is 7.17. The lowest BCUT2D eigenvalue weighted by molar-refractivity contribution is -0.895. The number of anilines is 1. The monoisotopic (exact) mass is 403 g/mol. The van der Waals surface area contributed by atoms with E-state index in [0.717, 1.165) is 41.3 Å². The molecule has 1 atom stereocenters. The average molecular weight is 404 g/mol. The molecule has 0 saturated carbocycles. The molecule has 0 radical (unpaired) electrons. The van der Waals surface area contributed by atoms with Gasteiger partial charge < -0.3 is 19.7 Å². The van der Waals surface area contributed by atoms with Gasteiger partial charge in [0, 0.05) is 6.42 Å². The third-order valence-corrected chi connectivity index (χ3v) is 5.83. The molecule has 28 heavy (non-hydrogen) atoms. The first-order valence-corrected chi connectivity index (χ1v) is 10.5. The van der Waals surface area contributed by atoms with E-state index in [1.54, 1.807) is 6.92 Å². The standard InChI is InChI=1S/C21H26N2O4S/c1-4-26-15-8-6-14(7-9-15)12-18(24)22-20-19(21(25)27-5-2)16-10-11-23(3)13-17(16)28-20/h6-9H,4-5,10-13H2,1-3H3,(H,22,24)/p+1. The zero-order valence-electron chi connectivity index (χ0n) is 16.6. The predicted octanol–water partition coefficient (Wildman–Crippen LogP) is 2.08. The molecule has 1 aromatic carbocycles. The highest BCUT2D eigenvalue weighted by atomic mass is 32.1. The Balaban J connectivity index is 1.77. The molecule has 2 aromatic rings. The maximum absolute atomic E-state index is 12.6. The van der Waals surface area contributed by atoms with Crippen molar-refractivity contribution in [3.05, 3.63) is 45.8 Å². The zero-order valence-corrected chi connectivity index (χ0v) is 17.4. The molecule has 2 heterocycles. The molecule has 3 rings (SSSR count). The van der Waals surface area contributed by atoms with Crippen LogP contribution in [0.5, 0.6) is 5.75 Å². The molecular weight excluding hydrogens is 376 g/mol. The minimum Gasteiger partial charge on any atom is -0.494 e. The van der Waals surface area contributed by atoms with Crippen LogP contribution in [0.3, 0.4) is 0 Å². The van der Waals surface area contributed by atoms with E-state index >= 15 is 0 Å². The summed E-state index contributed by atoms with van der Waals surface area (Å²) < 4.78 is 10.7. The number of carbonyl (C=O) groups is 2. The van der Waals surface area contributed by atoms with Crippen LogP contribution in [-0.4, -0.2) is 38.7 Å². The topological polar surface area (TPSA) is 69.1 Å². The number of quaternary nitrogens is 1. The fourth-order valence-electron chi connectivity index (χ4n) is 3.35. The van der Waals surface area contributed by atoms with E-state index in [4.69, 9.17) is 9.47 Å². The number of fused-ring (bicyclic) bond motifs is 1. The molecule has 0 spiro atoms. The predicted molar refractivity (Wildman–Crippen MR) is 109 cm³/mol. The Bertz CT molecular complexity index is 845. The maximum Gasteiger partial charge on any atom is 0.341 e. The van der Waals surface area contributed by atoms with Gasteiger partial charge >= 0.3 is 5.97 Å². The van der Waals surface area contributed by atoms with Crippen molar-refractivity contribution in [1.82, 2.24) is 0 Å². The second kappa shape index (κ2) is 9.21. The van der Waals surface area contributed by atoms with Crippen LogP contribution in [-0.2, 0) is 28.9 Å². The van der Waals surface area contributed by atoms with Gasteiger partial charge in [0.05, 0.1) is 43.7 Å². The molecule has 0 aliphatic carbocycles. The molecule has 1 aromatic heterocycles. The minimum atomic E-state index is -0.351. The summed E-state index contributed by atoms with van der Waals surface area (Å²) in [5.74, 6) is 0.290.